The molecule has 0 fully saturated rings. The molecular formula is C11H14N2. The second-order valence-electron chi connectivity index (χ2n) is 3.69. The smallest absolute Gasteiger partial charge is 0.131 e. The molecule has 0 unspecified atom stereocenters. The maximum atomic E-state index is 4.49. The topological polar surface area (TPSA) is 15.6 Å². The molecule has 2 rings (SSSR count). The van der Waals surface area contributed by atoms with E-state index in [0.717, 1.165) is 12.4 Å². The van der Waals surface area contributed by atoms with Crippen molar-refractivity contribution in [2.75, 3.05) is 14.1 Å². The average Bonchev–Trinajstić information content (AvgIpc) is 2.46. The summed E-state index contributed by atoms with van der Waals surface area (Å²) in [6.07, 6.45) is 0. The van der Waals surface area contributed by atoms with Crippen molar-refractivity contribution >= 4 is 5.84 Å². The molecule has 0 aromatic heterocycles. The minimum absolute atomic E-state index is 0.838. The van der Waals surface area contributed by atoms with Gasteiger partial charge in [0.1, 0.15) is 5.84 Å². The molecule has 0 spiro atoms. The third-order valence-corrected chi connectivity index (χ3v) is 2.32. The Labute approximate surface area is 78.9 Å². The molecule has 0 bridgehead atoms. The van der Waals surface area contributed by atoms with Crippen molar-refractivity contribution in [1.82, 2.24) is 4.90 Å². The van der Waals surface area contributed by atoms with Crippen molar-refractivity contribution in [3.05, 3.63) is 34.9 Å². The molecule has 2 nitrogen and oxygen atoms in total. The van der Waals surface area contributed by atoms with Gasteiger partial charge in [-0.15, -0.1) is 0 Å². The van der Waals surface area contributed by atoms with E-state index < -0.39 is 0 Å². The van der Waals surface area contributed by atoms with Gasteiger partial charge in [0, 0.05) is 19.7 Å². The van der Waals surface area contributed by atoms with Crippen LogP contribution in [0.2, 0.25) is 0 Å². The zero-order valence-electron chi connectivity index (χ0n) is 8.33. The molecule has 0 saturated carbocycles. The van der Waals surface area contributed by atoms with Crippen molar-refractivity contribution in [1.29, 1.82) is 0 Å². The Bertz CT molecular complexity index is 364. The van der Waals surface area contributed by atoms with E-state index in [1.165, 1.54) is 16.7 Å². The Morgan fingerprint density at radius 1 is 1.31 bits per heavy atom. The maximum absolute atomic E-state index is 4.49. The van der Waals surface area contributed by atoms with Crippen molar-refractivity contribution in [3.8, 4) is 0 Å². The van der Waals surface area contributed by atoms with Gasteiger partial charge < -0.3 is 4.90 Å². The van der Waals surface area contributed by atoms with Crippen LogP contribution in [-0.4, -0.2) is 24.8 Å². The molecule has 0 amide bonds. The lowest BCUT2D eigenvalue weighted by Gasteiger charge is -2.12. The lowest BCUT2D eigenvalue weighted by Crippen LogP contribution is -2.21. The van der Waals surface area contributed by atoms with Crippen molar-refractivity contribution < 1.29 is 0 Å². The van der Waals surface area contributed by atoms with E-state index in [1.807, 2.05) is 14.1 Å². The number of aryl methyl sites for hydroxylation is 1. The Morgan fingerprint density at radius 3 is 2.77 bits per heavy atom. The third kappa shape index (κ3) is 1.32. The fourth-order valence-electron chi connectivity index (χ4n) is 1.70. The Kier molecular flexibility index (Phi) is 1.83. The number of aliphatic imine (C=N–C) groups is 1. The van der Waals surface area contributed by atoms with Crippen molar-refractivity contribution in [2.45, 2.75) is 13.5 Å². The van der Waals surface area contributed by atoms with Gasteiger partial charge in [0.05, 0.1) is 6.54 Å². The first kappa shape index (κ1) is 8.30. The van der Waals surface area contributed by atoms with Gasteiger partial charge in [-0.2, -0.15) is 0 Å². The molecule has 0 N–H and O–H groups in total. The molecule has 0 atom stereocenters. The van der Waals surface area contributed by atoms with Gasteiger partial charge in [0.2, 0.25) is 0 Å². The van der Waals surface area contributed by atoms with Gasteiger partial charge in [0.15, 0.2) is 0 Å². The maximum Gasteiger partial charge on any atom is 0.131 e. The molecule has 0 saturated heterocycles. The minimum Gasteiger partial charge on any atom is -0.363 e. The van der Waals surface area contributed by atoms with Gasteiger partial charge in [-0.3, -0.25) is 4.99 Å². The summed E-state index contributed by atoms with van der Waals surface area (Å²) < 4.78 is 0. The monoisotopic (exact) mass is 174 g/mol. The summed E-state index contributed by atoms with van der Waals surface area (Å²) in [6.45, 7) is 2.96. The van der Waals surface area contributed by atoms with E-state index in [0.29, 0.717) is 0 Å². The number of benzene rings is 1. The Morgan fingerprint density at radius 2 is 2.08 bits per heavy atom. The zero-order chi connectivity index (χ0) is 9.42. The number of hydrogen-bond donors (Lipinski definition) is 0. The number of rotatable bonds is 0. The van der Waals surface area contributed by atoms with Crippen LogP contribution < -0.4 is 0 Å². The molecular weight excluding hydrogens is 160 g/mol. The minimum atomic E-state index is 0.838. The Hall–Kier alpha value is -1.31. The van der Waals surface area contributed by atoms with E-state index in [1.54, 1.807) is 0 Å². The summed E-state index contributed by atoms with van der Waals surface area (Å²) in [6, 6.07) is 6.52. The largest absolute Gasteiger partial charge is 0.363 e. The van der Waals surface area contributed by atoms with E-state index in [4.69, 9.17) is 0 Å². The van der Waals surface area contributed by atoms with Gasteiger partial charge in [-0.05, 0) is 12.5 Å². The van der Waals surface area contributed by atoms with Gasteiger partial charge in [-0.1, -0.05) is 23.8 Å². The highest BCUT2D eigenvalue weighted by Gasteiger charge is 2.16. The van der Waals surface area contributed by atoms with Crippen LogP contribution in [0.1, 0.15) is 16.7 Å². The quantitative estimate of drug-likeness (QED) is 0.585. The van der Waals surface area contributed by atoms with Crippen LogP contribution in [0, 0.1) is 6.92 Å². The molecule has 13 heavy (non-hydrogen) atoms. The van der Waals surface area contributed by atoms with Crippen molar-refractivity contribution in [2.24, 2.45) is 4.99 Å². The van der Waals surface area contributed by atoms with E-state index in [-0.39, 0.29) is 0 Å². The highest BCUT2D eigenvalue weighted by atomic mass is 15.1. The molecule has 68 valence electrons. The molecule has 0 aliphatic carbocycles. The van der Waals surface area contributed by atoms with E-state index >= 15 is 0 Å². The van der Waals surface area contributed by atoms with Crippen LogP contribution in [0.25, 0.3) is 0 Å². The zero-order valence-corrected chi connectivity index (χ0v) is 8.33. The predicted octanol–water partition coefficient (Wildman–Crippen LogP) is 1.82. The lowest BCUT2D eigenvalue weighted by atomic mass is 10.1. The normalized spacial score (nSPS) is 13.9. The van der Waals surface area contributed by atoms with Crippen LogP contribution in [0.3, 0.4) is 0 Å². The molecule has 1 aliphatic rings. The number of amidine groups is 1. The van der Waals surface area contributed by atoms with Crippen molar-refractivity contribution in [3.63, 3.8) is 0 Å². The van der Waals surface area contributed by atoms with E-state index in [9.17, 15) is 0 Å². The van der Waals surface area contributed by atoms with Gasteiger partial charge in [0.25, 0.3) is 0 Å². The summed E-state index contributed by atoms with van der Waals surface area (Å²) in [4.78, 5) is 6.56. The Balaban J connectivity index is 2.45. The summed E-state index contributed by atoms with van der Waals surface area (Å²) in [5.41, 5.74) is 3.95. The van der Waals surface area contributed by atoms with Crippen LogP contribution in [-0.2, 0) is 6.54 Å². The van der Waals surface area contributed by atoms with Crippen LogP contribution in [0.15, 0.2) is 23.2 Å². The SMILES string of the molecule is Cc1ccc2c(c1)CN=C2N(C)C. The summed E-state index contributed by atoms with van der Waals surface area (Å²) in [5.74, 6) is 1.11. The standard InChI is InChI=1S/C11H14N2/c1-8-4-5-10-9(6-8)7-12-11(10)13(2)3/h4-6H,7H2,1-3H3. The van der Waals surface area contributed by atoms with Crippen LogP contribution >= 0.6 is 0 Å². The molecule has 0 radical (unpaired) electrons. The average molecular weight is 174 g/mol. The first-order chi connectivity index (χ1) is 6.18. The second-order valence-corrected chi connectivity index (χ2v) is 3.69. The van der Waals surface area contributed by atoms with Gasteiger partial charge >= 0.3 is 0 Å². The lowest BCUT2D eigenvalue weighted by molar-refractivity contribution is 0.624. The molecule has 1 aromatic carbocycles. The predicted molar refractivity (Wildman–Crippen MR) is 55.1 cm³/mol. The number of hydrogen-bond acceptors (Lipinski definition) is 2. The number of nitrogens with zero attached hydrogens (tertiary/aromatic N) is 2. The summed E-state index contributed by atoms with van der Waals surface area (Å²) in [5, 5.41) is 0. The highest BCUT2D eigenvalue weighted by molar-refractivity contribution is 6.01. The molecule has 1 aromatic rings. The second kappa shape index (κ2) is 2.87. The molecule has 1 aliphatic heterocycles. The first-order valence-corrected chi connectivity index (χ1v) is 4.50. The van der Waals surface area contributed by atoms with E-state index in [2.05, 4.69) is 35.0 Å². The highest BCUT2D eigenvalue weighted by Crippen LogP contribution is 2.20. The summed E-state index contributed by atoms with van der Waals surface area (Å²) in [7, 11) is 4.07. The van der Waals surface area contributed by atoms with Gasteiger partial charge in [-0.25, -0.2) is 0 Å². The van der Waals surface area contributed by atoms with Crippen LogP contribution in [0.4, 0.5) is 0 Å². The third-order valence-electron chi connectivity index (χ3n) is 2.32. The molecule has 1 heterocycles. The summed E-state index contributed by atoms with van der Waals surface area (Å²) >= 11 is 0. The molecule has 2 heteroatoms. The fraction of sp³-hybridized carbons (Fsp3) is 0.364. The number of fused-ring (bicyclic) bond motifs is 1. The van der Waals surface area contributed by atoms with Crippen LogP contribution in [0.5, 0.6) is 0 Å². The first-order valence-electron chi connectivity index (χ1n) is 4.50. The fourth-order valence-corrected chi connectivity index (χ4v) is 1.70.